The minimum atomic E-state index is -0.219. The molecule has 0 fully saturated rings. The molecule has 0 N–H and O–H groups in total. The quantitative estimate of drug-likeness (QED) is 0.686. The fraction of sp³-hybridized carbons (Fsp3) is 0.500. The number of rotatable bonds is 6. The summed E-state index contributed by atoms with van der Waals surface area (Å²) >= 11 is 0. The van der Waals surface area contributed by atoms with Crippen molar-refractivity contribution in [3.8, 4) is 0 Å². The van der Waals surface area contributed by atoms with Crippen molar-refractivity contribution in [1.82, 2.24) is 4.90 Å². The van der Waals surface area contributed by atoms with Crippen molar-refractivity contribution < 1.29 is 4.79 Å². The first-order chi connectivity index (χ1) is 7.59. The van der Waals surface area contributed by atoms with Crippen LogP contribution in [0.2, 0.25) is 0 Å². The van der Waals surface area contributed by atoms with Gasteiger partial charge in [0.1, 0.15) is 6.29 Å². The third-order valence-electron chi connectivity index (χ3n) is 3.02. The van der Waals surface area contributed by atoms with Crippen LogP contribution in [0.1, 0.15) is 25.8 Å². The van der Waals surface area contributed by atoms with Gasteiger partial charge in [-0.25, -0.2) is 0 Å². The number of carbonyl (C=O) groups is 1. The average molecular weight is 219 g/mol. The number of hydrogen-bond acceptors (Lipinski definition) is 2. The maximum Gasteiger partial charge on any atom is 0.127 e. The summed E-state index contributed by atoms with van der Waals surface area (Å²) in [6.45, 7) is 5.78. The standard InChI is InChI=1S/C14H21NO/c1-4-14(2,12-16)11-15(3)10-13-8-6-5-7-9-13/h5-9,12H,4,10-11H2,1-3H3. The van der Waals surface area contributed by atoms with Gasteiger partial charge in [0, 0.05) is 18.5 Å². The zero-order valence-electron chi connectivity index (χ0n) is 10.4. The van der Waals surface area contributed by atoms with Crippen LogP contribution >= 0.6 is 0 Å². The van der Waals surface area contributed by atoms with Crippen molar-refractivity contribution in [3.63, 3.8) is 0 Å². The summed E-state index contributed by atoms with van der Waals surface area (Å²) in [6, 6.07) is 10.3. The first-order valence-electron chi connectivity index (χ1n) is 5.78. The fourth-order valence-corrected chi connectivity index (χ4v) is 1.80. The van der Waals surface area contributed by atoms with Crippen molar-refractivity contribution in [2.75, 3.05) is 13.6 Å². The molecular formula is C14H21NO. The Balaban J connectivity index is 2.54. The normalized spacial score (nSPS) is 14.8. The van der Waals surface area contributed by atoms with E-state index in [0.29, 0.717) is 0 Å². The van der Waals surface area contributed by atoms with Crippen LogP contribution in [-0.4, -0.2) is 24.8 Å². The van der Waals surface area contributed by atoms with E-state index in [4.69, 9.17) is 0 Å². The lowest BCUT2D eigenvalue weighted by molar-refractivity contribution is -0.116. The molecule has 0 aliphatic heterocycles. The predicted molar refractivity (Wildman–Crippen MR) is 67.2 cm³/mol. The summed E-state index contributed by atoms with van der Waals surface area (Å²) < 4.78 is 0. The van der Waals surface area contributed by atoms with Crippen LogP contribution in [0, 0.1) is 5.41 Å². The van der Waals surface area contributed by atoms with Gasteiger partial charge in [0.25, 0.3) is 0 Å². The molecule has 0 spiro atoms. The zero-order valence-corrected chi connectivity index (χ0v) is 10.4. The van der Waals surface area contributed by atoms with Crippen molar-refractivity contribution >= 4 is 6.29 Å². The van der Waals surface area contributed by atoms with Gasteiger partial charge in [0.05, 0.1) is 0 Å². The van der Waals surface area contributed by atoms with Crippen molar-refractivity contribution in [2.24, 2.45) is 5.41 Å². The van der Waals surface area contributed by atoms with E-state index in [1.165, 1.54) is 5.56 Å². The summed E-state index contributed by atoms with van der Waals surface area (Å²) in [7, 11) is 2.06. The Hall–Kier alpha value is -1.15. The molecule has 1 unspecified atom stereocenters. The number of carbonyl (C=O) groups excluding carboxylic acids is 1. The molecule has 1 atom stereocenters. The minimum Gasteiger partial charge on any atom is -0.303 e. The first kappa shape index (κ1) is 12.9. The molecule has 0 aromatic heterocycles. The van der Waals surface area contributed by atoms with Crippen LogP contribution in [0.5, 0.6) is 0 Å². The molecule has 2 heteroatoms. The monoisotopic (exact) mass is 219 g/mol. The molecule has 1 aromatic carbocycles. The van der Waals surface area contributed by atoms with Gasteiger partial charge < -0.3 is 9.69 Å². The fourth-order valence-electron chi connectivity index (χ4n) is 1.80. The van der Waals surface area contributed by atoms with E-state index in [-0.39, 0.29) is 5.41 Å². The molecule has 1 rings (SSSR count). The van der Waals surface area contributed by atoms with Crippen LogP contribution in [0.4, 0.5) is 0 Å². The Morgan fingerprint density at radius 2 is 1.94 bits per heavy atom. The lowest BCUT2D eigenvalue weighted by Crippen LogP contribution is -2.33. The predicted octanol–water partition coefficient (Wildman–Crippen LogP) is 2.73. The van der Waals surface area contributed by atoms with E-state index in [1.807, 2.05) is 25.1 Å². The molecule has 0 aliphatic carbocycles. The third-order valence-corrected chi connectivity index (χ3v) is 3.02. The third kappa shape index (κ3) is 3.78. The van der Waals surface area contributed by atoms with Crippen molar-refractivity contribution in [1.29, 1.82) is 0 Å². The van der Waals surface area contributed by atoms with E-state index < -0.39 is 0 Å². The lowest BCUT2D eigenvalue weighted by atomic mass is 9.89. The number of aldehydes is 1. The molecule has 16 heavy (non-hydrogen) atoms. The SMILES string of the molecule is CCC(C)(C=O)CN(C)Cc1ccccc1. The van der Waals surface area contributed by atoms with Gasteiger partial charge in [-0.05, 0) is 19.0 Å². The summed E-state index contributed by atoms with van der Waals surface area (Å²) in [4.78, 5) is 13.2. The largest absolute Gasteiger partial charge is 0.303 e. The van der Waals surface area contributed by atoms with Crippen LogP contribution in [0.15, 0.2) is 30.3 Å². The lowest BCUT2D eigenvalue weighted by Gasteiger charge is -2.27. The van der Waals surface area contributed by atoms with Crippen LogP contribution in [0.25, 0.3) is 0 Å². The van der Waals surface area contributed by atoms with Gasteiger partial charge in [-0.15, -0.1) is 0 Å². The topological polar surface area (TPSA) is 20.3 Å². The summed E-state index contributed by atoms with van der Waals surface area (Å²) in [5.74, 6) is 0. The summed E-state index contributed by atoms with van der Waals surface area (Å²) in [5, 5.41) is 0. The Morgan fingerprint density at radius 1 is 1.31 bits per heavy atom. The molecule has 0 bridgehead atoms. The van der Waals surface area contributed by atoms with E-state index >= 15 is 0 Å². The van der Waals surface area contributed by atoms with Gasteiger partial charge in [-0.2, -0.15) is 0 Å². The van der Waals surface area contributed by atoms with Crippen molar-refractivity contribution in [2.45, 2.75) is 26.8 Å². The van der Waals surface area contributed by atoms with Gasteiger partial charge in [0.15, 0.2) is 0 Å². The van der Waals surface area contributed by atoms with Gasteiger partial charge >= 0.3 is 0 Å². The van der Waals surface area contributed by atoms with E-state index in [2.05, 4.69) is 31.0 Å². The first-order valence-corrected chi connectivity index (χ1v) is 5.78. The highest BCUT2D eigenvalue weighted by atomic mass is 16.1. The smallest absolute Gasteiger partial charge is 0.127 e. The Labute approximate surface area is 98.3 Å². The summed E-state index contributed by atoms with van der Waals surface area (Å²) in [5.41, 5.74) is 1.07. The van der Waals surface area contributed by atoms with E-state index in [1.54, 1.807) is 0 Å². The average Bonchev–Trinajstić information content (AvgIpc) is 2.30. The maximum absolute atomic E-state index is 11.0. The number of hydrogen-bond donors (Lipinski definition) is 0. The maximum atomic E-state index is 11.0. The molecule has 0 saturated carbocycles. The molecule has 1 aromatic rings. The van der Waals surface area contributed by atoms with Gasteiger partial charge in [-0.1, -0.05) is 44.2 Å². The minimum absolute atomic E-state index is 0.219. The molecule has 0 radical (unpaired) electrons. The molecular weight excluding hydrogens is 198 g/mol. The zero-order chi connectivity index (χ0) is 12.0. The summed E-state index contributed by atoms with van der Waals surface area (Å²) in [6.07, 6.45) is 1.96. The van der Waals surface area contributed by atoms with Crippen LogP contribution in [-0.2, 0) is 11.3 Å². The van der Waals surface area contributed by atoms with Crippen molar-refractivity contribution in [3.05, 3.63) is 35.9 Å². The number of nitrogens with zero attached hydrogens (tertiary/aromatic N) is 1. The van der Waals surface area contributed by atoms with Gasteiger partial charge in [0.2, 0.25) is 0 Å². The highest BCUT2D eigenvalue weighted by molar-refractivity contribution is 5.58. The Bertz CT molecular complexity index is 323. The molecule has 0 saturated heterocycles. The van der Waals surface area contributed by atoms with E-state index in [0.717, 1.165) is 25.8 Å². The second-order valence-corrected chi connectivity index (χ2v) is 4.78. The highest BCUT2D eigenvalue weighted by Crippen LogP contribution is 2.19. The molecule has 2 nitrogen and oxygen atoms in total. The number of benzene rings is 1. The second-order valence-electron chi connectivity index (χ2n) is 4.78. The molecule has 88 valence electrons. The highest BCUT2D eigenvalue weighted by Gasteiger charge is 2.22. The van der Waals surface area contributed by atoms with Crippen LogP contribution < -0.4 is 0 Å². The van der Waals surface area contributed by atoms with E-state index in [9.17, 15) is 4.79 Å². The second kappa shape index (κ2) is 5.80. The molecule has 0 aliphatic rings. The van der Waals surface area contributed by atoms with Gasteiger partial charge in [-0.3, -0.25) is 0 Å². The Kier molecular flexibility index (Phi) is 4.69. The molecule has 0 amide bonds. The Morgan fingerprint density at radius 3 is 2.44 bits per heavy atom. The molecule has 0 heterocycles. The van der Waals surface area contributed by atoms with Crippen LogP contribution in [0.3, 0.4) is 0 Å².